The van der Waals surface area contributed by atoms with Crippen LogP contribution in [0.1, 0.15) is 16.8 Å². The quantitative estimate of drug-likeness (QED) is 0.911. The second-order valence-corrected chi connectivity index (χ2v) is 5.06. The number of likely N-dealkylation sites (N-methyl/N-ethyl adjacent to an activating group) is 1. The Morgan fingerprint density at radius 1 is 1.33 bits per heavy atom. The Morgan fingerprint density at radius 3 is 2.44 bits per heavy atom. The van der Waals surface area contributed by atoms with E-state index in [4.69, 9.17) is 23.2 Å². The zero-order valence-electron chi connectivity index (χ0n) is 9.95. The van der Waals surface area contributed by atoms with Crippen LogP contribution in [0.4, 0.5) is 0 Å². The average Bonchev–Trinajstić information content (AvgIpc) is 2.75. The van der Waals surface area contributed by atoms with Gasteiger partial charge in [0.1, 0.15) is 0 Å². The molecule has 0 spiro atoms. The summed E-state index contributed by atoms with van der Waals surface area (Å²) in [6, 6.07) is 5.32. The first-order valence-electron chi connectivity index (χ1n) is 5.53. The molecule has 1 amide bonds. The van der Waals surface area contributed by atoms with Gasteiger partial charge in [-0.05, 0) is 31.7 Å². The van der Waals surface area contributed by atoms with Gasteiger partial charge in [-0.3, -0.25) is 4.79 Å². The Labute approximate surface area is 123 Å². The first kappa shape index (κ1) is 15.6. The van der Waals surface area contributed by atoms with Crippen LogP contribution in [0.2, 0.25) is 10.0 Å². The minimum absolute atomic E-state index is 0. The van der Waals surface area contributed by atoms with Crippen LogP contribution < -0.4 is 5.32 Å². The van der Waals surface area contributed by atoms with Crippen molar-refractivity contribution in [1.82, 2.24) is 10.2 Å². The van der Waals surface area contributed by atoms with E-state index in [1.807, 2.05) is 11.9 Å². The molecule has 1 fully saturated rings. The van der Waals surface area contributed by atoms with Gasteiger partial charge in [0, 0.05) is 34.7 Å². The predicted octanol–water partition coefficient (Wildman–Crippen LogP) is 2.85. The zero-order chi connectivity index (χ0) is 12.4. The molecule has 2 rings (SSSR count). The minimum atomic E-state index is -0.00727. The monoisotopic (exact) mass is 308 g/mol. The summed E-state index contributed by atoms with van der Waals surface area (Å²) in [5, 5.41) is 4.16. The van der Waals surface area contributed by atoms with Gasteiger partial charge in [0.15, 0.2) is 0 Å². The summed E-state index contributed by atoms with van der Waals surface area (Å²) < 4.78 is 0. The molecular formula is C12H15Cl3N2O. The molecule has 0 aromatic heterocycles. The highest BCUT2D eigenvalue weighted by Gasteiger charge is 2.26. The van der Waals surface area contributed by atoms with Gasteiger partial charge in [-0.15, -0.1) is 12.4 Å². The lowest BCUT2D eigenvalue weighted by atomic mass is 10.2. The van der Waals surface area contributed by atoms with E-state index in [1.165, 1.54) is 0 Å². The topological polar surface area (TPSA) is 32.3 Å². The van der Waals surface area contributed by atoms with Gasteiger partial charge >= 0.3 is 0 Å². The highest BCUT2D eigenvalue weighted by Crippen LogP contribution is 2.21. The van der Waals surface area contributed by atoms with Crippen LogP contribution in [-0.2, 0) is 0 Å². The van der Waals surface area contributed by atoms with E-state index in [-0.39, 0.29) is 18.3 Å². The van der Waals surface area contributed by atoms with Crippen molar-refractivity contribution >= 4 is 41.5 Å². The van der Waals surface area contributed by atoms with Gasteiger partial charge in [-0.1, -0.05) is 23.2 Å². The molecule has 0 radical (unpaired) electrons. The second-order valence-electron chi connectivity index (χ2n) is 4.18. The van der Waals surface area contributed by atoms with Crippen LogP contribution in [0.5, 0.6) is 0 Å². The summed E-state index contributed by atoms with van der Waals surface area (Å²) in [4.78, 5) is 14.0. The van der Waals surface area contributed by atoms with Gasteiger partial charge in [-0.2, -0.15) is 0 Å². The molecule has 3 nitrogen and oxygen atoms in total. The molecule has 1 aromatic rings. The molecule has 1 aliphatic heterocycles. The van der Waals surface area contributed by atoms with E-state index in [1.54, 1.807) is 18.2 Å². The summed E-state index contributed by atoms with van der Waals surface area (Å²) in [6.45, 7) is 1.51. The number of halogens is 3. The fraction of sp³-hybridized carbons (Fsp3) is 0.417. The number of benzene rings is 1. The van der Waals surface area contributed by atoms with Crippen LogP contribution in [0.15, 0.2) is 18.2 Å². The molecule has 18 heavy (non-hydrogen) atoms. The third kappa shape index (κ3) is 3.51. The van der Waals surface area contributed by atoms with Crippen LogP contribution in [-0.4, -0.2) is 37.0 Å². The third-order valence-electron chi connectivity index (χ3n) is 2.99. The summed E-state index contributed by atoms with van der Waals surface area (Å²) in [6.07, 6.45) is 0.983. The Kier molecular flexibility index (Phi) is 5.73. The number of carbonyl (C=O) groups excluding carboxylic acids is 1. The molecule has 1 N–H and O–H groups in total. The summed E-state index contributed by atoms with van der Waals surface area (Å²) in [5.74, 6) is -0.00727. The molecule has 1 heterocycles. The van der Waals surface area contributed by atoms with E-state index >= 15 is 0 Å². The molecule has 1 unspecified atom stereocenters. The van der Waals surface area contributed by atoms with Crippen molar-refractivity contribution in [2.75, 3.05) is 20.1 Å². The number of hydrogen-bond acceptors (Lipinski definition) is 2. The van der Waals surface area contributed by atoms with E-state index in [0.29, 0.717) is 21.7 Å². The van der Waals surface area contributed by atoms with Crippen molar-refractivity contribution in [1.29, 1.82) is 0 Å². The van der Waals surface area contributed by atoms with Crippen LogP contribution >= 0.6 is 35.6 Å². The van der Waals surface area contributed by atoms with Gasteiger partial charge < -0.3 is 10.2 Å². The number of hydrogen-bond donors (Lipinski definition) is 1. The summed E-state index contributed by atoms with van der Waals surface area (Å²) in [5.41, 5.74) is 0.555. The lowest BCUT2D eigenvalue weighted by molar-refractivity contribution is 0.0789. The fourth-order valence-corrected chi connectivity index (χ4v) is 2.57. The van der Waals surface area contributed by atoms with E-state index < -0.39 is 0 Å². The Hall–Kier alpha value is -0.480. The average molecular weight is 310 g/mol. The second kappa shape index (κ2) is 6.62. The van der Waals surface area contributed by atoms with E-state index in [0.717, 1.165) is 19.5 Å². The lowest BCUT2D eigenvalue weighted by Crippen LogP contribution is -2.33. The van der Waals surface area contributed by atoms with Crippen LogP contribution in [0.25, 0.3) is 0 Å². The smallest absolute Gasteiger partial charge is 0.254 e. The normalized spacial score (nSPS) is 18.6. The predicted molar refractivity (Wildman–Crippen MR) is 77.1 cm³/mol. The van der Waals surface area contributed by atoms with Crippen molar-refractivity contribution in [3.63, 3.8) is 0 Å². The zero-order valence-corrected chi connectivity index (χ0v) is 12.3. The van der Waals surface area contributed by atoms with Gasteiger partial charge in [0.05, 0.1) is 0 Å². The maximum absolute atomic E-state index is 12.2. The lowest BCUT2D eigenvalue weighted by Gasteiger charge is -2.16. The first-order chi connectivity index (χ1) is 8.10. The van der Waals surface area contributed by atoms with Crippen molar-refractivity contribution in [3.05, 3.63) is 33.8 Å². The Bertz CT molecular complexity index is 419. The summed E-state index contributed by atoms with van der Waals surface area (Å²) >= 11 is 11.8. The highest BCUT2D eigenvalue weighted by atomic mass is 35.5. The fourth-order valence-electron chi connectivity index (χ4n) is 2.04. The molecule has 1 aliphatic rings. The Morgan fingerprint density at radius 2 is 1.94 bits per heavy atom. The largest absolute Gasteiger partial charge is 0.337 e. The van der Waals surface area contributed by atoms with Gasteiger partial charge in [0.25, 0.3) is 5.91 Å². The van der Waals surface area contributed by atoms with Crippen molar-refractivity contribution < 1.29 is 4.79 Å². The molecule has 1 aromatic carbocycles. The molecule has 1 atom stereocenters. The third-order valence-corrected chi connectivity index (χ3v) is 3.43. The number of likely N-dealkylation sites (tertiary alicyclic amines) is 1. The number of nitrogens with zero attached hydrogens (tertiary/aromatic N) is 1. The molecule has 6 heteroatoms. The van der Waals surface area contributed by atoms with Crippen LogP contribution in [0, 0.1) is 0 Å². The number of carbonyl (C=O) groups is 1. The van der Waals surface area contributed by atoms with Gasteiger partial charge in [-0.25, -0.2) is 0 Å². The van der Waals surface area contributed by atoms with E-state index in [9.17, 15) is 4.79 Å². The maximum Gasteiger partial charge on any atom is 0.254 e. The van der Waals surface area contributed by atoms with Crippen molar-refractivity contribution in [2.45, 2.75) is 12.5 Å². The van der Waals surface area contributed by atoms with Crippen molar-refractivity contribution in [3.8, 4) is 0 Å². The van der Waals surface area contributed by atoms with Gasteiger partial charge in [0.2, 0.25) is 0 Å². The minimum Gasteiger partial charge on any atom is -0.337 e. The molecule has 100 valence electrons. The Balaban J connectivity index is 0.00000162. The van der Waals surface area contributed by atoms with Crippen LogP contribution in [0.3, 0.4) is 0 Å². The van der Waals surface area contributed by atoms with E-state index in [2.05, 4.69) is 5.32 Å². The number of nitrogens with one attached hydrogen (secondary N) is 1. The highest BCUT2D eigenvalue weighted by molar-refractivity contribution is 6.35. The number of rotatable bonds is 2. The SMILES string of the molecule is CNC1CCN(C(=O)c2cc(Cl)cc(Cl)c2)C1.Cl. The summed E-state index contributed by atoms with van der Waals surface area (Å²) in [7, 11) is 1.91. The molecule has 0 saturated carbocycles. The molecule has 0 aliphatic carbocycles. The van der Waals surface area contributed by atoms with Crippen molar-refractivity contribution in [2.24, 2.45) is 0 Å². The molecular weight excluding hydrogens is 295 g/mol. The maximum atomic E-state index is 12.2. The molecule has 1 saturated heterocycles. The first-order valence-corrected chi connectivity index (χ1v) is 6.28. The molecule has 0 bridgehead atoms. The number of amides is 1. The standard InChI is InChI=1S/C12H14Cl2N2O.ClH/c1-15-11-2-3-16(7-11)12(17)8-4-9(13)6-10(14)5-8;/h4-6,11,15H,2-3,7H2,1H3;1H.